The highest BCUT2D eigenvalue weighted by Crippen LogP contribution is 2.30. The van der Waals surface area contributed by atoms with Crippen LogP contribution in [0.15, 0.2) is 49.1 Å². The van der Waals surface area contributed by atoms with Gasteiger partial charge in [-0.1, -0.05) is 24.3 Å². The summed E-state index contributed by atoms with van der Waals surface area (Å²) in [6.45, 7) is 1.91. The number of nitrogens with one attached hydrogen (secondary N) is 1. The molecule has 7 heteroatoms. The molecule has 2 aromatic heterocycles. The molecule has 4 rings (SSSR count). The van der Waals surface area contributed by atoms with E-state index in [1.165, 1.54) is 17.2 Å². The number of carbonyl (C=O) groups is 1. The average Bonchev–Trinajstić information content (AvgIpc) is 3.33. The molecule has 0 saturated carbocycles. The van der Waals surface area contributed by atoms with Gasteiger partial charge >= 0.3 is 0 Å². The monoisotopic (exact) mass is 375 g/mol. The first-order chi connectivity index (χ1) is 13.6. The first kappa shape index (κ1) is 17.9. The van der Waals surface area contributed by atoms with Crippen molar-refractivity contribution in [2.75, 3.05) is 7.11 Å². The first-order valence-corrected chi connectivity index (χ1v) is 9.12. The number of ether oxygens (including phenoxy) is 1. The maximum atomic E-state index is 12.3. The summed E-state index contributed by atoms with van der Waals surface area (Å²) in [5.74, 6) is 0.648. The zero-order valence-corrected chi connectivity index (χ0v) is 15.8. The second kappa shape index (κ2) is 7.64. The Morgan fingerprint density at radius 2 is 2.18 bits per heavy atom. The molecule has 0 radical (unpaired) electrons. The van der Waals surface area contributed by atoms with E-state index in [-0.39, 0.29) is 11.9 Å². The quantitative estimate of drug-likeness (QED) is 0.694. The predicted octanol–water partition coefficient (Wildman–Crippen LogP) is 2.80. The Kier molecular flexibility index (Phi) is 4.89. The van der Waals surface area contributed by atoms with Gasteiger partial charge in [-0.25, -0.2) is 9.97 Å². The Balaban J connectivity index is 1.46. The van der Waals surface area contributed by atoms with E-state index >= 15 is 0 Å². The minimum Gasteiger partial charge on any atom is -0.479 e. The van der Waals surface area contributed by atoms with E-state index in [0.29, 0.717) is 17.4 Å². The number of hydrogen-bond donors (Lipinski definition) is 1. The third-order valence-corrected chi connectivity index (χ3v) is 4.77. The molecule has 7 nitrogen and oxygen atoms in total. The van der Waals surface area contributed by atoms with Crippen LogP contribution in [0.2, 0.25) is 0 Å². The van der Waals surface area contributed by atoms with Gasteiger partial charge in [-0.2, -0.15) is 4.98 Å². The van der Waals surface area contributed by atoms with Crippen LogP contribution in [0.3, 0.4) is 0 Å². The normalized spacial score (nSPS) is 15.6. The molecule has 1 amide bonds. The number of imidazole rings is 1. The van der Waals surface area contributed by atoms with Crippen molar-refractivity contribution in [3.63, 3.8) is 0 Å². The van der Waals surface area contributed by atoms with Crippen LogP contribution in [0.1, 0.15) is 35.1 Å². The number of rotatable bonds is 5. The molecule has 1 N–H and O–H groups in total. The van der Waals surface area contributed by atoms with Crippen LogP contribution in [-0.2, 0) is 11.2 Å². The van der Waals surface area contributed by atoms with E-state index in [9.17, 15) is 4.79 Å². The first-order valence-electron chi connectivity index (χ1n) is 9.12. The van der Waals surface area contributed by atoms with E-state index in [2.05, 4.69) is 32.4 Å². The second-order valence-corrected chi connectivity index (χ2v) is 6.68. The molecule has 3 aromatic rings. The number of hydrogen-bond acceptors (Lipinski definition) is 5. The zero-order valence-electron chi connectivity index (χ0n) is 15.8. The fraction of sp³-hybridized carbons (Fsp3) is 0.238. The zero-order chi connectivity index (χ0) is 19.5. The summed E-state index contributed by atoms with van der Waals surface area (Å²) in [5, 5.41) is 3.05. The summed E-state index contributed by atoms with van der Waals surface area (Å²) in [5.41, 5.74) is 4.07. The molecule has 0 bridgehead atoms. The van der Waals surface area contributed by atoms with Gasteiger partial charge in [0.25, 0.3) is 0 Å². The molecule has 0 aliphatic heterocycles. The number of aromatic nitrogens is 4. The highest BCUT2D eigenvalue weighted by atomic mass is 16.5. The summed E-state index contributed by atoms with van der Waals surface area (Å²) in [7, 11) is 1.55. The molecule has 0 fully saturated rings. The van der Waals surface area contributed by atoms with Gasteiger partial charge in [-0.3, -0.25) is 9.36 Å². The number of carbonyl (C=O) groups excluding carboxylic acids is 1. The molecule has 2 heterocycles. The summed E-state index contributed by atoms with van der Waals surface area (Å²) in [6, 6.07) is 8.27. The summed E-state index contributed by atoms with van der Waals surface area (Å²) < 4.78 is 7.17. The fourth-order valence-electron chi connectivity index (χ4n) is 3.41. The molecule has 0 unspecified atom stereocenters. The van der Waals surface area contributed by atoms with E-state index in [4.69, 9.17) is 4.74 Å². The van der Waals surface area contributed by atoms with Crippen LogP contribution in [0.4, 0.5) is 0 Å². The van der Waals surface area contributed by atoms with Gasteiger partial charge < -0.3 is 10.1 Å². The SMILES string of the molecule is COc1nc(C=CC(=O)N[C@H]2CCc3ccccc32)ncc1-n1cnc(C)c1. The molecule has 1 aliphatic rings. The highest BCUT2D eigenvalue weighted by Gasteiger charge is 2.22. The summed E-state index contributed by atoms with van der Waals surface area (Å²) in [4.78, 5) is 25.2. The maximum absolute atomic E-state index is 12.3. The standard InChI is InChI=1S/C21H21N5O2/c1-14-12-26(13-23-14)18-11-22-19(25-21(18)28-2)9-10-20(27)24-17-8-7-15-5-3-4-6-16(15)17/h3-6,9-13,17H,7-8H2,1-2H3,(H,24,27)/t17-/m0/s1. The van der Waals surface area contributed by atoms with Gasteiger partial charge in [0.15, 0.2) is 5.82 Å². The maximum Gasteiger partial charge on any atom is 0.244 e. The lowest BCUT2D eigenvalue weighted by molar-refractivity contribution is -0.117. The van der Waals surface area contributed by atoms with Crippen LogP contribution in [-0.4, -0.2) is 32.5 Å². The molecular weight excluding hydrogens is 354 g/mol. The van der Waals surface area contributed by atoms with Crippen LogP contribution in [0.5, 0.6) is 5.88 Å². The Morgan fingerprint density at radius 3 is 2.96 bits per heavy atom. The van der Waals surface area contributed by atoms with Crippen molar-refractivity contribution >= 4 is 12.0 Å². The second-order valence-electron chi connectivity index (χ2n) is 6.68. The third kappa shape index (κ3) is 3.64. The van der Waals surface area contributed by atoms with E-state index in [1.807, 2.05) is 25.3 Å². The van der Waals surface area contributed by atoms with Crippen molar-refractivity contribution < 1.29 is 9.53 Å². The highest BCUT2D eigenvalue weighted by molar-refractivity contribution is 5.91. The van der Waals surface area contributed by atoms with Crippen LogP contribution in [0.25, 0.3) is 11.8 Å². The lowest BCUT2D eigenvalue weighted by atomic mass is 10.1. The number of aryl methyl sites for hydroxylation is 2. The number of nitrogens with zero attached hydrogens (tertiary/aromatic N) is 4. The van der Waals surface area contributed by atoms with E-state index in [1.54, 1.807) is 30.3 Å². The number of benzene rings is 1. The number of fused-ring (bicyclic) bond motifs is 1. The molecule has 1 atom stereocenters. The van der Waals surface area contributed by atoms with Gasteiger partial charge in [-0.15, -0.1) is 0 Å². The van der Waals surface area contributed by atoms with Gasteiger partial charge in [0.05, 0.1) is 31.4 Å². The van der Waals surface area contributed by atoms with Crippen molar-refractivity contribution in [2.45, 2.75) is 25.8 Å². The molecule has 1 aliphatic carbocycles. The van der Waals surface area contributed by atoms with Crippen molar-refractivity contribution in [1.29, 1.82) is 0 Å². The van der Waals surface area contributed by atoms with Crippen LogP contribution in [0, 0.1) is 6.92 Å². The van der Waals surface area contributed by atoms with Gasteiger partial charge in [0.1, 0.15) is 5.69 Å². The average molecular weight is 375 g/mol. The largest absolute Gasteiger partial charge is 0.479 e. The van der Waals surface area contributed by atoms with E-state index < -0.39 is 0 Å². The van der Waals surface area contributed by atoms with Gasteiger partial charge in [0.2, 0.25) is 11.8 Å². The Bertz CT molecular complexity index is 1040. The lowest BCUT2D eigenvalue weighted by Crippen LogP contribution is -2.25. The van der Waals surface area contributed by atoms with Crippen LogP contribution >= 0.6 is 0 Å². The topological polar surface area (TPSA) is 81.9 Å². The van der Waals surface area contributed by atoms with Crippen molar-refractivity contribution in [3.8, 4) is 11.6 Å². The summed E-state index contributed by atoms with van der Waals surface area (Å²) in [6.07, 6.45) is 10.1. The van der Waals surface area contributed by atoms with Crippen LogP contribution < -0.4 is 10.1 Å². The minimum absolute atomic E-state index is 0.0515. The Labute approximate surface area is 163 Å². The van der Waals surface area contributed by atoms with Crippen molar-refractivity contribution in [3.05, 3.63) is 71.7 Å². The van der Waals surface area contributed by atoms with E-state index in [0.717, 1.165) is 18.5 Å². The summed E-state index contributed by atoms with van der Waals surface area (Å²) >= 11 is 0. The van der Waals surface area contributed by atoms with Crippen molar-refractivity contribution in [2.24, 2.45) is 0 Å². The smallest absolute Gasteiger partial charge is 0.244 e. The number of amides is 1. The van der Waals surface area contributed by atoms with Gasteiger partial charge in [0, 0.05) is 12.3 Å². The molecule has 1 aromatic carbocycles. The number of methoxy groups -OCH3 is 1. The molecule has 28 heavy (non-hydrogen) atoms. The Hall–Kier alpha value is -3.48. The predicted molar refractivity (Wildman–Crippen MR) is 105 cm³/mol. The van der Waals surface area contributed by atoms with Crippen molar-refractivity contribution in [1.82, 2.24) is 24.8 Å². The Morgan fingerprint density at radius 1 is 1.32 bits per heavy atom. The lowest BCUT2D eigenvalue weighted by Gasteiger charge is -2.12. The van der Waals surface area contributed by atoms with Gasteiger partial charge in [-0.05, 0) is 37.0 Å². The molecule has 142 valence electrons. The molecular formula is C21H21N5O2. The third-order valence-electron chi connectivity index (χ3n) is 4.77. The minimum atomic E-state index is -0.168. The fourth-order valence-corrected chi connectivity index (χ4v) is 3.41. The molecule has 0 saturated heterocycles. The molecule has 0 spiro atoms.